The molecule has 0 radical (unpaired) electrons. The summed E-state index contributed by atoms with van der Waals surface area (Å²) in [6.45, 7) is 2.09. The van der Waals surface area contributed by atoms with Crippen LogP contribution in [-0.2, 0) is 12.1 Å². The molecule has 0 saturated carbocycles. The molecular formula is C22H20F6N2O. The first-order valence-electron chi connectivity index (χ1n) is 9.74. The third kappa shape index (κ3) is 5.86. The van der Waals surface area contributed by atoms with E-state index in [1.54, 1.807) is 12.4 Å². The molecule has 0 fully saturated rings. The Hall–Kier alpha value is -2.84. The van der Waals surface area contributed by atoms with Crippen LogP contribution in [0.15, 0.2) is 48.6 Å². The second kappa shape index (κ2) is 9.11. The van der Waals surface area contributed by atoms with Crippen molar-refractivity contribution in [2.24, 2.45) is 0 Å². The van der Waals surface area contributed by atoms with E-state index in [0.29, 0.717) is 18.2 Å². The van der Waals surface area contributed by atoms with Crippen molar-refractivity contribution in [1.29, 1.82) is 0 Å². The lowest BCUT2D eigenvalue weighted by Crippen LogP contribution is -2.22. The van der Waals surface area contributed by atoms with Crippen molar-refractivity contribution in [3.8, 4) is 5.75 Å². The minimum Gasteiger partial charge on any atom is -0.403 e. The molecule has 0 saturated heterocycles. The Balaban J connectivity index is 1.81. The molecule has 31 heavy (non-hydrogen) atoms. The summed E-state index contributed by atoms with van der Waals surface area (Å²) in [6, 6.07) is 2.14. The molecule has 1 aliphatic carbocycles. The van der Waals surface area contributed by atoms with E-state index in [1.165, 1.54) is 0 Å². The van der Waals surface area contributed by atoms with Crippen LogP contribution in [0.1, 0.15) is 49.6 Å². The minimum absolute atomic E-state index is 0.127. The molecule has 1 heterocycles. The van der Waals surface area contributed by atoms with Crippen molar-refractivity contribution in [2.75, 3.05) is 0 Å². The quantitative estimate of drug-likeness (QED) is 0.351. The maximum Gasteiger partial charge on any atom is 0.573 e. The van der Waals surface area contributed by atoms with E-state index in [1.807, 2.05) is 0 Å². The monoisotopic (exact) mass is 442 g/mol. The van der Waals surface area contributed by atoms with Gasteiger partial charge in [0.05, 0.1) is 0 Å². The topological polar surface area (TPSA) is 35.0 Å². The summed E-state index contributed by atoms with van der Waals surface area (Å²) in [5.41, 5.74) is -1.79. The fourth-order valence-corrected chi connectivity index (χ4v) is 3.33. The van der Waals surface area contributed by atoms with E-state index in [4.69, 9.17) is 0 Å². The zero-order valence-electron chi connectivity index (χ0n) is 16.6. The van der Waals surface area contributed by atoms with Gasteiger partial charge in [-0.15, -0.1) is 13.2 Å². The van der Waals surface area contributed by atoms with Gasteiger partial charge >= 0.3 is 6.36 Å². The van der Waals surface area contributed by atoms with E-state index >= 15 is 4.39 Å². The van der Waals surface area contributed by atoms with Crippen LogP contribution in [0.4, 0.5) is 26.3 Å². The number of aryl methyl sites for hydroxylation is 1. The van der Waals surface area contributed by atoms with Crippen molar-refractivity contribution in [3.05, 3.63) is 71.3 Å². The molecule has 1 aliphatic rings. The van der Waals surface area contributed by atoms with Gasteiger partial charge in [0.15, 0.2) is 23.1 Å². The van der Waals surface area contributed by atoms with Crippen LogP contribution in [0.2, 0.25) is 0 Å². The zero-order valence-corrected chi connectivity index (χ0v) is 16.6. The highest BCUT2D eigenvalue weighted by Crippen LogP contribution is 2.43. The van der Waals surface area contributed by atoms with Crippen molar-refractivity contribution < 1.29 is 31.1 Å². The van der Waals surface area contributed by atoms with Gasteiger partial charge in [0.1, 0.15) is 5.83 Å². The van der Waals surface area contributed by atoms with Crippen LogP contribution in [0.25, 0.3) is 5.57 Å². The lowest BCUT2D eigenvalue weighted by Gasteiger charge is -2.26. The summed E-state index contributed by atoms with van der Waals surface area (Å²) in [5, 5.41) is 0. The summed E-state index contributed by atoms with van der Waals surface area (Å²) >= 11 is 0. The fraction of sp³-hybridized carbons (Fsp3) is 0.364. The van der Waals surface area contributed by atoms with Gasteiger partial charge in [-0.05, 0) is 48.3 Å². The molecular weight excluding hydrogens is 422 g/mol. The highest BCUT2D eigenvalue weighted by Gasteiger charge is 2.37. The number of alkyl halides is 4. The molecule has 166 valence electrons. The Morgan fingerprint density at radius 3 is 2.42 bits per heavy atom. The van der Waals surface area contributed by atoms with E-state index in [0.717, 1.165) is 43.4 Å². The number of rotatable bonds is 7. The molecule has 9 heteroatoms. The normalized spacial score (nSPS) is 19.1. The number of hydrogen-bond donors (Lipinski definition) is 0. The number of unbranched alkanes of at least 4 members (excludes halogenated alkanes) is 2. The first-order chi connectivity index (χ1) is 14.6. The summed E-state index contributed by atoms with van der Waals surface area (Å²) in [4.78, 5) is 8.38. The van der Waals surface area contributed by atoms with Gasteiger partial charge in [0.25, 0.3) is 0 Å². The Morgan fingerprint density at radius 1 is 1.10 bits per heavy atom. The minimum atomic E-state index is -5.09. The van der Waals surface area contributed by atoms with Crippen LogP contribution >= 0.6 is 0 Å². The molecule has 0 amide bonds. The highest BCUT2D eigenvalue weighted by molar-refractivity contribution is 5.67. The number of allylic oxidation sites excluding steroid dienone is 4. The van der Waals surface area contributed by atoms with Crippen molar-refractivity contribution in [2.45, 2.75) is 51.1 Å². The molecule has 1 atom stereocenters. The first-order valence-corrected chi connectivity index (χ1v) is 9.74. The van der Waals surface area contributed by atoms with E-state index in [2.05, 4.69) is 21.6 Å². The van der Waals surface area contributed by atoms with Gasteiger partial charge in [-0.25, -0.2) is 23.1 Å². The molecule has 1 unspecified atom stereocenters. The van der Waals surface area contributed by atoms with Crippen LogP contribution in [0, 0.1) is 5.82 Å². The summed E-state index contributed by atoms with van der Waals surface area (Å²) in [7, 11) is 0. The molecule has 3 rings (SSSR count). The average molecular weight is 442 g/mol. The maximum absolute atomic E-state index is 15.6. The van der Waals surface area contributed by atoms with E-state index < -0.39 is 35.8 Å². The molecule has 1 aromatic carbocycles. The smallest absolute Gasteiger partial charge is 0.403 e. The summed E-state index contributed by atoms with van der Waals surface area (Å²) < 4.78 is 84.3. The highest BCUT2D eigenvalue weighted by atomic mass is 19.4. The van der Waals surface area contributed by atoms with Crippen LogP contribution < -0.4 is 4.74 Å². The molecule has 1 aromatic heterocycles. The molecule has 0 aliphatic heterocycles. The third-order valence-electron chi connectivity index (χ3n) is 4.83. The molecule has 0 spiro atoms. The van der Waals surface area contributed by atoms with E-state index in [-0.39, 0.29) is 17.0 Å². The Kier molecular flexibility index (Phi) is 6.71. The van der Waals surface area contributed by atoms with Gasteiger partial charge in [0, 0.05) is 24.4 Å². The number of benzene rings is 1. The predicted molar refractivity (Wildman–Crippen MR) is 103 cm³/mol. The molecule has 2 aromatic rings. The lowest BCUT2D eigenvalue weighted by molar-refractivity contribution is -0.275. The standard InChI is InChI=1S/C22H20F6N2O/c1-2-3-4-5-14-12-29-20(30-13-14)15-8-17(23)11-21(25,10-15)16-6-7-19(18(24)9-16)31-22(26,27)28/h6-9,11-13H,2-5,10H2,1H3. The number of aromatic nitrogens is 2. The predicted octanol–water partition coefficient (Wildman–Crippen LogP) is 6.75. The van der Waals surface area contributed by atoms with Crippen LogP contribution in [-0.4, -0.2) is 16.3 Å². The first kappa shape index (κ1) is 22.8. The Labute approximate surface area is 175 Å². The molecule has 0 bridgehead atoms. The van der Waals surface area contributed by atoms with Gasteiger partial charge in [-0.2, -0.15) is 0 Å². The van der Waals surface area contributed by atoms with Gasteiger partial charge in [0.2, 0.25) is 0 Å². The van der Waals surface area contributed by atoms with Gasteiger partial charge in [-0.3, -0.25) is 0 Å². The number of halogens is 6. The fourth-order valence-electron chi connectivity index (χ4n) is 3.33. The number of hydrogen-bond acceptors (Lipinski definition) is 3. The van der Waals surface area contributed by atoms with Crippen molar-refractivity contribution >= 4 is 5.57 Å². The Bertz CT molecular complexity index is 984. The summed E-state index contributed by atoms with van der Waals surface area (Å²) in [5.74, 6) is -3.31. The van der Waals surface area contributed by atoms with E-state index in [9.17, 15) is 22.0 Å². The van der Waals surface area contributed by atoms with Crippen LogP contribution in [0.3, 0.4) is 0 Å². The second-order valence-corrected chi connectivity index (χ2v) is 7.30. The largest absolute Gasteiger partial charge is 0.573 e. The van der Waals surface area contributed by atoms with Crippen LogP contribution in [0.5, 0.6) is 5.75 Å². The SMILES string of the molecule is CCCCCc1cnc(C2=CC(F)=CC(F)(c3ccc(OC(F)(F)F)c(F)c3)C2)nc1. The second-order valence-electron chi connectivity index (χ2n) is 7.30. The Morgan fingerprint density at radius 2 is 1.81 bits per heavy atom. The summed E-state index contributed by atoms with van der Waals surface area (Å²) in [6.07, 6.45) is 3.33. The lowest BCUT2D eigenvalue weighted by atomic mass is 9.84. The third-order valence-corrected chi connectivity index (χ3v) is 4.83. The van der Waals surface area contributed by atoms with Gasteiger partial charge in [-0.1, -0.05) is 25.8 Å². The van der Waals surface area contributed by atoms with Crippen molar-refractivity contribution in [1.82, 2.24) is 9.97 Å². The van der Waals surface area contributed by atoms with Gasteiger partial charge < -0.3 is 4.74 Å². The number of nitrogens with zero attached hydrogens (tertiary/aromatic N) is 2. The average Bonchev–Trinajstić information content (AvgIpc) is 2.68. The molecule has 3 nitrogen and oxygen atoms in total. The number of ether oxygens (including phenoxy) is 1. The van der Waals surface area contributed by atoms with Crippen molar-refractivity contribution in [3.63, 3.8) is 0 Å². The molecule has 0 N–H and O–H groups in total. The zero-order chi connectivity index (χ0) is 22.6. The maximum atomic E-state index is 15.6.